The van der Waals surface area contributed by atoms with Gasteiger partial charge < -0.3 is 4.57 Å². The highest BCUT2D eigenvalue weighted by molar-refractivity contribution is 9.09. The minimum absolute atomic E-state index is 0.305. The van der Waals surface area contributed by atoms with Crippen molar-refractivity contribution in [3.05, 3.63) is 60.2 Å². The molecule has 0 spiro atoms. The largest absolute Gasteiger partial charge is 0.310 e. The van der Waals surface area contributed by atoms with Crippen molar-refractivity contribution in [2.75, 3.05) is 5.75 Å². The number of nitrogens with zero attached hydrogens (tertiary/aromatic N) is 2. The Bertz CT molecular complexity index is 754. The van der Waals surface area contributed by atoms with Crippen molar-refractivity contribution >= 4 is 38.7 Å². The summed E-state index contributed by atoms with van der Waals surface area (Å²) in [5.74, 6) is 1.04. The summed E-state index contributed by atoms with van der Waals surface area (Å²) >= 11 is 5.69. The molecule has 2 heterocycles. The summed E-state index contributed by atoms with van der Waals surface area (Å²) in [7, 11) is 0. The Morgan fingerprint density at radius 1 is 1.05 bits per heavy atom. The SMILES string of the molecule is Br[C@H]1CSc2nc3ccccc3n2[C@H]1c1ccccc1. The Labute approximate surface area is 130 Å². The zero-order valence-electron chi connectivity index (χ0n) is 10.7. The van der Waals surface area contributed by atoms with Crippen molar-refractivity contribution in [1.29, 1.82) is 0 Å². The van der Waals surface area contributed by atoms with Gasteiger partial charge in [0.15, 0.2) is 5.16 Å². The van der Waals surface area contributed by atoms with Gasteiger partial charge in [0.25, 0.3) is 0 Å². The first kappa shape index (κ1) is 12.5. The fraction of sp³-hybridized carbons (Fsp3) is 0.188. The predicted octanol–water partition coefficient (Wildman–Crippen LogP) is 4.49. The Morgan fingerprint density at radius 2 is 1.80 bits per heavy atom. The van der Waals surface area contributed by atoms with Gasteiger partial charge in [0, 0.05) is 10.6 Å². The number of alkyl halides is 1. The fourth-order valence-corrected chi connectivity index (χ4v) is 4.75. The molecule has 0 radical (unpaired) electrons. The molecule has 0 amide bonds. The smallest absolute Gasteiger partial charge is 0.169 e. The van der Waals surface area contributed by atoms with Crippen LogP contribution in [0.4, 0.5) is 0 Å². The van der Waals surface area contributed by atoms with E-state index in [1.807, 2.05) is 11.8 Å². The molecule has 20 heavy (non-hydrogen) atoms. The molecule has 3 aromatic rings. The van der Waals surface area contributed by atoms with E-state index in [4.69, 9.17) is 4.98 Å². The summed E-state index contributed by atoms with van der Waals surface area (Å²) in [4.78, 5) is 5.19. The lowest BCUT2D eigenvalue weighted by Gasteiger charge is -2.30. The molecule has 1 aliphatic heterocycles. The second kappa shape index (κ2) is 4.93. The van der Waals surface area contributed by atoms with Crippen LogP contribution < -0.4 is 0 Å². The van der Waals surface area contributed by atoms with Gasteiger partial charge in [0.2, 0.25) is 0 Å². The van der Waals surface area contributed by atoms with Crippen molar-refractivity contribution in [2.45, 2.75) is 16.0 Å². The maximum Gasteiger partial charge on any atom is 0.169 e. The van der Waals surface area contributed by atoms with Crippen molar-refractivity contribution in [3.63, 3.8) is 0 Å². The van der Waals surface area contributed by atoms with Crippen molar-refractivity contribution in [3.8, 4) is 0 Å². The highest BCUT2D eigenvalue weighted by atomic mass is 79.9. The number of hydrogen-bond acceptors (Lipinski definition) is 2. The Balaban J connectivity index is 1.97. The number of halogens is 1. The molecule has 0 unspecified atom stereocenters. The van der Waals surface area contributed by atoms with Gasteiger partial charge in [-0.15, -0.1) is 0 Å². The normalized spacial score (nSPS) is 21.9. The third-order valence-electron chi connectivity index (χ3n) is 3.70. The first-order valence-corrected chi connectivity index (χ1v) is 8.53. The molecule has 0 aliphatic carbocycles. The van der Waals surface area contributed by atoms with Crippen LogP contribution >= 0.6 is 27.7 Å². The summed E-state index contributed by atoms with van der Waals surface area (Å²) in [6.07, 6.45) is 0. The molecular weight excluding hydrogens is 332 g/mol. The second-order valence-corrected chi connectivity index (χ2v) is 7.10. The van der Waals surface area contributed by atoms with Gasteiger partial charge in [-0.2, -0.15) is 0 Å². The molecule has 2 aromatic carbocycles. The first-order chi connectivity index (χ1) is 9.84. The minimum Gasteiger partial charge on any atom is -0.310 e. The van der Waals surface area contributed by atoms with E-state index < -0.39 is 0 Å². The van der Waals surface area contributed by atoms with Gasteiger partial charge in [-0.1, -0.05) is 70.2 Å². The molecule has 0 saturated heterocycles. The summed E-state index contributed by atoms with van der Waals surface area (Å²) in [6, 6.07) is 19.4. The van der Waals surface area contributed by atoms with Gasteiger partial charge in [-0.3, -0.25) is 0 Å². The van der Waals surface area contributed by atoms with E-state index in [1.165, 1.54) is 11.1 Å². The average Bonchev–Trinajstić information content (AvgIpc) is 2.87. The van der Waals surface area contributed by atoms with E-state index in [1.54, 1.807) is 0 Å². The summed E-state index contributed by atoms with van der Waals surface area (Å²) in [6.45, 7) is 0. The van der Waals surface area contributed by atoms with E-state index in [0.717, 1.165) is 16.4 Å². The van der Waals surface area contributed by atoms with E-state index in [-0.39, 0.29) is 0 Å². The topological polar surface area (TPSA) is 17.8 Å². The van der Waals surface area contributed by atoms with Crippen LogP contribution in [0, 0.1) is 0 Å². The van der Waals surface area contributed by atoms with Crippen LogP contribution in [0.15, 0.2) is 59.8 Å². The number of imidazole rings is 1. The van der Waals surface area contributed by atoms with Crippen molar-refractivity contribution in [2.24, 2.45) is 0 Å². The van der Waals surface area contributed by atoms with Gasteiger partial charge in [-0.25, -0.2) is 4.98 Å². The monoisotopic (exact) mass is 344 g/mol. The number of aromatic nitrogens is 2. The highest BCUT2D eigenvalue weighted by Crippen LogP contribution is 2.41. The van der Waals surface area contributed by atoms with E-state index in [2.05, 4.69) is 75.1 Å². The van der Waals surface area contributed by atoms with E-state index in [9.17, 15) is 0 Å². The Morgan fingerprint density at radius 3 is 2.65 bits per heavy atom. The molecule has 1 aliphatic rings. The third kappa shape index (κ3) is 1.90. The number of thioether (sulfide) groups is 1. The zero-order valence-corrected chi connectivity index (χ0v) is 13.1. The molecular formula is C16H13BrN2S. The molecule has 100 valence electrons. The fourth-order valence-electron chi connectivity index (χ4n) is 2.81. The summed E-state index contributed by atoms with van der Waals surface area (Å²) in [5, 5.41) is 1.12. The number of benzene rings is 2. The highest BCUT2D eigenvalue weighted by Gasteiger charge is 2.31. The quantitative estimate of drug-likeness (QED) is 0.605. The van der Waals surface area contributed by atoms with Gasteiger partial charge in [-0.05, 0) is 17.7 Å². The van der Waals surface area contributed by atoms with Crippen LogP contribution in [-0.2, 0) is 0 Å². The minimum atomic E-state index is 0.305. The Kier molecular flexibility index (Phi) is 3.08. The van der Waals surface area contributed by atoms with Gasteiger partial charge in [0.1, 0.15) is 0 Å². The standard InChI is InChI=1S/C16H13BrN2S/c17-12-10-20-16-18-13-8-4-5-9-14(13)19(16)15(12)11-6-2-1-3-7-11/h1-9,12,15H,10H2/t12-,15-/m0/s1. The van der Waals surface area contributed by atoms with Crippen LogP contribution in [0.5, 0.6) is 0 Å². The maximum absolute atomic E-state index is 4.77. The van der Waals surface area contributed by atoms with Crippen LogP contribution in [0.25, 0.3) is 11.0 Å². The molecule has 4 heteroatoms. The predicted molar refractivity (Wildman–Crippen MR) is 87.8 cm³/mol. The first-order valence-electron chi connectivity index (χ1n) is 6.63. The zero-order chi connectivity index (χ0) is 13.5. The van der Waals surface area contributed by atoms with Gasteiger partial charge in [0.05, 0.1) is 17.1 Å². The third-order valence-corrected chi connectivity index (χ3v) is 6.02. The molecule has 0 bridgehead atoms. The molecule has 0 saturated carbocycles. The number of fused-ring (bicyclic) bond motifs is 3. The lowest BCUT2D eigenvalue weighted by atomic mass is 10.0. The second-order valence-electron chi connectivity index (χ2n) is 4.94. The molecule has 0 fully saturated rings. The van der Waals surface area contributed by atoms with Crippen LogP contribution in [0.1, 0.15) is 11.6 Å². The lowest BCUT2D eigenvalue weighted by molar-refractivity contribution is 0.544. The summed E-state index contributed by atoms with van der Waals surface area (Å²) in [5.41, 5.74) is 3.63. The maximum atomic E-state index is 4.77. The van der Waals surface area contributed by atoms with Gasteiger partial charge >= 0.3 is 0 Å². The van der Waals surface area contributed by atoms with E-state index in [0.29, 0.717) is 10.9 Å². The van der Waals surface area contributed by atoms with E-state index >= 15 is 0 Å². The molecule has 2 atom stereocenters. The number of hydrogen-bond donors (Lipinski definition) is 0. The molecule has 1 aromatic heterocycles. The number of para-hydroxylation sites is 2. The van der Waals surface area contributed by atoms with Crippen LogP contribution in [-0.4, -0.2) is 20.1 Å². The molecule has 4 rings (SSSR count). The van der Waals surface area contributed by atoms with Crippen molar-refractivity contribution in [1.82, 2.24) is 9.55 Å². The van der Waals surface area contributed by atoms with Crippen LogP contribution in [0.2, 0.25) is 0 Å². The van der Waals surface area contributed by atoms with Crippen LogP contribution in [0.3, 0.4) is 0 Å². The van der Waals surface area contributed by atoms with Crippen molar-refractivity contribution < 1.29 is 0 Å². The summed E-state index contributed by atoms with van der Waals surface area (Å²) < 4.78 is 2.37. The number of rotatable bonds is 1. The average molecular weight is 345 g/mol. The molecule has 2 nitrogen and oxygen atoms in total. The lowest BCUT2D eigenvalue weighted by Crippen LogP contribution is -2.27. The Hall–Kier alpha value is -1.26. The molecule has 0 N–H and O–H groups in total.